The maximum atomic E-state index is 12.0. The Morgan fingerprint density at radius 3 is 3.14 bits per heavy atom. The van der Waals surface area contributed by atoms with E-state index in [9.17, 15) is 4.79 Å². The van der Waals surface area contributed by atoms with Crippen LogP contribution in [-0.2, 0) is 14.3 Å². The van der Waals surface area contributed by atoms with Gasteiger partial charge in [0.15, 0.2) is 6.04 Å². The molecule has 2 heterocycles. The molecule has 1 aliphatic rings. The largest absolute Gasteiger partial charge is 0.467 e. The molecule has 1 aliphatic heterocycles. The third-order valence-electron chi connectivity index (χ3n) is 3.59. The molecule has 1 aromatic carbocycles. The maximum Gasteiger partial charge on any atom is 0.330 e. The fourth-order valence-electron chi connectivity index (χ4n) is 2.58. The lowest BCUT2D eigenvalue weighted by atomic mass is 10.1. The van der Waals surface area contributed by atoms with Crippen LogP contribution in [0.25, 0.3) is 10.9 Å². The highest BCUT2D eigenvalue weighted by Crippen LogP contribution is 2.29. The molecule has 5 nitrogen and oxygen atoms in total. The van der Waals surface area contributed by atoms with Gasteiger partial charge in [0.1, 0.15) is 0 Å². The summed E-state index contributed by atoms with van der Waals surface area (Å²) in [5, 5.41) is 1.59. The predicted octanol–water partition coefficient (Wildman–Crippen LogP) is 2.27. The number of anilines is 1. The number of hydrogen-bond donors (Lipinski definition) is 0. The molecule has 6 heteroatoms. The van der Waals surface area contributed by atoms with Gasteiger partial charge in [-0.05, 0) is 24.3 Å². The lowest BCUT2D eigenvalue weighted by molar-refractivity contribution is -0.144. The highest BCUT2D eigenvalue weighted by Gasteiger charge is 2.31. The summed E-state index contributed by atoms with van der Waals surface area (Å²) in [5.74, 6) is -0.298. The number of halogens is 1. The Hall–Kier alpha value is -1.85. The molecule has 0 spiro atoms. The van der Waals surface area contributed by atoms with Gasteiger partial charge in [-0.1, -0.05) is 11.6 Å². The first kappa shape index (κ1) is 14.1. The van der Waals surface area contributed by atoms with Crippen molar-refractivity contribution in [1.29, 1.82) is 0 Å². The van der Waals surface area contributed by atoms with Crippen molar-refractivity contribution in [2.75, 3.05) is 31.8 Å². The van der Waals surface area contributed by atoms with E-state index in [1.165, 1.54) is 7.11 Å². The number of ether oxygens (including phenoxy) is 2. The van der Waals surface area contributed by atoms with Crippen LogP contribution in [0.15, 0.2) is 30.5 Å². The molecule has 1 saturated heterocycles. The van der Waals surface area contributed by atoms with E-state index < -0.39 is 6.04 Å². The lowest BCUT2D eigenvalue weighted by Gasteiger charge is -2.36. The van der Waals surface area contributed by atoms with Crippen molar-refractivity contribution in [1.82, 2.24) is 4.98 Å². The van der Waals surface area contributed by atoms with E-state index in [1.54, 1.807) is 6.20 Å². The summed E-state index contributed by atoms with van der Waals surface area (Å²) in [4.78, 5) is 18.3. The first-order chi connectivity index (χ1) is 10.2. The van der Waals surface area contributed by atoms with Crippen molar-refractivity contribution < 1.29 is 14.3 Å². The van der Waals surface area contributed by atoms with Crippen molar-refractivity contribution in [3.8, 4) is 0 Å². The summed E-state index contributed by atoms with van der Waals surface area (Å²) in [5.41, 5.74) is 1.74. The number of hydrogen-bond acceptors (Lipinski definition) is 5. The molecule has 0 radical (unpaired) electrons. The van der Waals surface area contributed by atoms with Crippen molar-refractivity contribution in [2.45, 2.75) is 6.04 Å². The highest BCUT2D eigenvalue weighted by atomic mass is 35.5. The Bertz CT molecular complexity index is 677. The fourth-order valence-corrected chi connectivity index (χ4v) is 2.75. The summed E-state index contributed by atoms with van der Waals surface area (Å²) in [6.45, 7) is 1.52. The molecular formula is C15H15ClN2O3. The molecule has 1 fully saturated rings. The molecule has 110 valence electrons. The predicted molar refractivity (Wildman–Crippen MR) is 80.7 cm³/mol. The number of benzene rings is 1. The SMILES string of the molecule is COC(=O)C1COCCN1c1ccnc2cc(Cl)ccc12. The van der Waals surface area contributed by atoms with Gasteiger partial charge in [0, 0.05) is 28.8 Å². The van der Waals surface area contributed by atoms with Crippen LogP contribution in [0.5, 0.6) is 0 Å². The summed E-state index contributed by atoms with van der Waals surface area (Å²) in [6, 6.07) is 7.02. The number of nitrogens with zero attached hydrogens (tertiary/aromatic N) is 2. The quantitative estimate of drug-likeness (QED) is 0.797. The molecule has 1 unspecified atom stereocenters. The van der Waals surface area contributed by atoms with Crippen molar-refractivity contribution in [2.24, 2.45) is 0 Å². The Balaban J connectivity index is 2.07. The van der Waals surface area contributed by atoms with Crippen LogP contribution in [0.1, 0.15) is 0 Å². The molecule has 3 rings (SSSR count). The average Bonchev–Trinajstić information content (AvgIpc) is 2.53. The van der Waals surface area contributed by atoms with Gasteiger partial charge >= 0.3 is 5.97 Å². The third kappa shape index (κ3) is 2.66. The standard InChI is InChI=1S/C15H15ClN2O3/c1-20-15(19)14-9-21-7-6-18(14)13-4-5-17-12-8-10(16)2-3-11(12)13/h2-5,8,14H,6-7,9H2,1H3. The minimum atomic E-state index is -0.440. The van der Waals surface area contributed by atoms with Crippen molar-refractivity contribution >= 4 is 34.2 Å². The molecular weight excluding hydrogens is 292 g/mol. The molecule has 1 aromatic heterocycles. The maximum absolute atomic E-state index is 12.0. The summed E-state index contributed by atoms with van der Waals surface area (Å²) in [6.07, 6.45) is 1.72. The van der Waals surface area contributed by atoms with Crippen molar-refractivity contribution in [3.63, 3.8) is 0 Å². The molecule has 0 amide bonds. The molecule has 0 saturated carbocycles. The Labute approximate surface area is 127 Å². The second-order valence-corrected chi connectivity index (χ2v) is 5.24. The van der Waals surface area contributed by atoms with E-state index in [2.05, 4.69) is 4.98 Å². The van der Waals surface area contributed by atoms with Gasteiger partial charge in [-0.3, -0.25) is 4.98 Å². The van der Waals surface area contributed by atoms with E-state index in [4.69, 9.17) is 21.1 Å². The van der Waals surface area contributed by atoms with Gasteiger partial charge in [-0.15, -0.1) is 0 Å². The second-order valence-electron chi connectivity index (χ2n) is 4.80. The summed E-state index contributed by atoms with van der Waals surface area (Å²) < 4.78 is 10.3. The zero-order chi connectivity index (χ0) is 14.8. The molecule has 1 atom stereocenters. The topological polar surface area (TPSA) is 51.7 Å². The zero-order valence-corrected chi connectivity index (χ0v) is 12.3. The molecule has 0 bridgehead atoms. The first-order valence-electron chi connectivity index (χ1n) is 6.67. The normalized spacial score (nSPS) is 18.8. The second kappa shape index (κ2) is 5.87. The minimum Gasteiger partial charge on any atom is -0.467 e. The van der Waals surface area contributed by atoms with E-state index in [1.807, 2.05) is 29.2 Å². The molecule has 21 heavy (non-hydrogen) atoms. The van der Waals surface area contributed by atoms with Crippen LogP contribution in [0.3, 0.4) is 0 Å². The Morgan fingerprint density at radius 1 is 1.48 bits per heavy atom. The van der Waals surface area contributed by atoms with Gasteiger partial charge in [-0.2, -0.15) is 0 Å². The lowest BCUT2D eigenvalue weighted by Crippen LogP contribution is -2.50. The van der Waals surface area contributed by atoms with Crippen LogP contribution in [0, 0.1) is 0 Å². The number of esters is 1. The summed E-state index contributed by atoms with van der Waals surface area (Å²) >= 11 is 6.01. The van der Waals surface area contributed by atoms with Gasteiger partial charge in [0.2, 0.25) is 0 Å². The first-order valence-corrected chi connectivity index (χ1v) is 7.05. The number of pyridine rings is 1. The number of aromatic nitrogens is 1. The van der Waals surface area contributed by atoms with E-state index >= 15 is 0 Å². The van der Waals surface area contributed by atoms with E-state index in [0.29, 0.717) is 24.8 Å². The number of morpholine rings is 1. The van der Waals surface area contributed by atoms with Gasteiger partial charge in [-0.25, -0.2) is 4.79 Å². The van der Waals surface area contributed by atoms with Gasteiger partial charge in [0.05, 0.1) is 25.8 Å². The van der Waals surface area contributed by atoms with Crippen LogP contribution >= 0.6 is 11.6 Å². The van der Waals surface area contributed by atoms with Crippen LogP contribution < -0.4 is 4.90 Å². The van der Waals surface area contributed by atoms with Crippen molar-refractivity contribution in [3.05, 3.63) is 35.5 Å². The Morgan fingerprint density at radius 2 is 2.33 bits per heavy atom. The Kier molecular flexibility index (Phi) is 3.94. The number of rotatable bonds is 2. The number of carbonyl (C=O) groups is 1. The molecule has 2 aromatic rings. The highest BCUT2D eigenvalue weighted by molar-refractivity contribution is 6.31. The van der Waals surface area contributed by atoms with E-state index in [-0.39, 0.29) is 5.97 Å². The molecule has 0 aliphatic carbocycles. The van der Waals surface area contributed by atoms with E-state index in [0.717, 1.165) is 16.6 Å². The van der Waals surface area contributed by atoms with Gasteiger partial charge in [0.25, 0.3) is 0 Å². The fraction of sp³-hybridized carbons (Fsp3) is 0.333. The molecule has 0 N–H and O–H groups in total. The zero-order valence-electron chi connectivity index (χ0n) is 11.6. The van der Waals surface area contributed by atoms with Crippen LogP contribution in [0.2, 0.25) is 5.02 Å². The minimum absolute atomic E-state index is 0.298. The number of methoxy groups -OCH3 is 1. The average molecular weight is 307 g/mol. The number of carbonyl (C=O) groups excluding carboxylic acids is 1. The monoisotopic (exact) mass is 306 g/mol. The third-order valence-corrected chi connectivity index (χ3v) is 3.83. The number of fused-ring (bicyclic) bond motifs is 1. The summed E-state index contributed by atoms with van der Waals surface area (Å²) in [7, 11) is 1.39. The van der Waals surface area contributed by atoms with Crippen LogP contribution in [-0.4, -0.2) is 43.9 Å². The van der Waals surface area contributed by atoms with Crippen LogP contribution in [0.4, 0.5) is 5.69 Å². The van der Waals surface area contributed by atoms with Gasteiger partial charge < -0.3 is 14.4 Å². The smallest absolute Gasteiger partial charge is 0.330 e.